The fourth-order valence-corrected chi connectivity index (χ4v) is 4.50. The lowest BCUT2D eigenvalue weighted by atomic mass is 10.0. The Hall–Kier alpha value is -2.41. The summed E-state index contributed by atoms with van der Waals surface area (Å²) in [4.78, 5) is 27.0. The molecule has 0 radical (unpaired) electrons. The molecule has 0 atom stereocenters. The molecule has 4 rings (SSSR count). The number of nitrogens with zero attached hydrogens (tertiary/aromatic N) is 1. The van der Waals surface area contributed by atoms with Crippen molar-refractivity contribution in [3.05, 3.63) is 69.3 Å². The molecule has 8 heteroatoms. The number of carbonyl (C=O) groups excluding carboxylic acids is 2. The molecule has 0 saturated carbocycles. The van der Waals surface area contributed by atoms with Gasteiger partial charge in [-0.05, 0) is 41.5 Å². The maximum Gasteiger partial charge on any atom is 0.265 e. The lowest BCUT2D eigenvalue weighted by Crippen LogP contribution is -2.28. The van der Waals surface area contributed by atoms with E-state index in [0.717, 1.165) is 16.0 Å². The second-order valence-corrected chi connectivity index (χ2v) is 8.15. The van der Waals surface area contributed by atoms with Crippen LogP contribution in [-0.4, -0.2) is 29.9 Å². The molecule has 3 aromatic rings. The topological polar surface area (TPSA) is 49.4 Å². The van der Waals surface area contributed by atoms with Gasteiger partial charge in [0.15, 0.2) is 0 Å². The number of nitrogens with one attached hydrogen (secondary N) is 1. The Kier molecular flexibility index (Phi) is 5.10. The summed E-state index contributed by atoms with van der Waals surface area (Å²) in [5.41, 5.74) is 2.27. The summed E-state index contributed by atoms with van der Waals surface area (Å²) in [6, 6.07) is 13.5. The van der Waals surface area contributed by atoms with Crippen LogP contribution in [0.3, 0.4) is 0 Å². The van der Waals surface area contributed by atoms with Gasteiger partial charge in [-0.3, -0.25) is 9.59 Å². The first-order valence-corrected chi connectivity index (χ1v) is 9.91. The van der Waals surface area contributed by atoms with Gasteiger partial charge in [-0.25, -0.2) is 4.39 Å². The summed E-state index contributed by atoms with van der Waals surface area (Å²) >= 11 is 13.4. The van der Waals surface area contributed by atoms with Crippen LogP contribution in [-0.2, 0) is 4.79 Å². The smallest absolute Gasteiger partial charge is 0.265 e. The van der Waals surface area contributed by atoms with E-state index in [2.05, 4.69) is 5.32 Å². The van der Waals surface area contributed by atoms with Crippen molar-refractivity contribution in [2.45, 2.75) is 0 Å². The zero-order valence-electron chi connectivity index (χ0n) is 14.3. The van der Waals surface area contributed by atoms with Crippen LogP contribution in [0.4, 0.5) is 4.39 Å². The fourth-order valence-electron chi connectivity index (χ4n) is 2.99. The molecular weight excluding hydrogens is 422 g/mol. The molecule has 1 aliphatic rings. The molecule has 0 unspecified atom stereocenters. The first-order chi connectivity index (χ1) is 13.4. The molecular formula is C20H13Cl2FN2O2S. The molecule has 0 bridgehead atoms. The van der Waals surface area contributed by atoms with Crippen LogP contribution in [0.25, 0.3) is 21.6 Å². The summed E-state index contributed by atoms with van der Waals surface area (Å²) in [5.74, 6) is -0.945. The highest BCUT2D eigenvalue weighted by Gasteiger charge is 2.27. The van der Waals surface area contributed by atoms with Crippen LogP contribution in [0.5, 0.6) is 0 Å². The minimum Gasteiger partial charge on any atom is -0.337 e. The van der Waals surface area contributed by atoms with Crippen LogP contribution in [0, 0.1) is 5.82 Å². The summed E-state index contributed by atoms with van der Waals surface area (Å²) in [7, 11) is 0. The SMILES string of the molecule is O=C1CN(C(=O)c2cc(-c3ccc(F)c(Cl)c3)c(-c3cccc(Cl)c3)s2)CN1. The number of hydrogen-bond donors (Lipinski definition) is 1. The van der Waals surface area contributed by atoms with Crippen LogP contribution < -0.4 is 5.32 Å². The summed E-state index contributed by atoms with van der Waals surface area (Å²) < 4.78 is 13.6. The largest absolute Gasteiger partial charge is 0.337 e. The highest BCUT2D eigenvalue weighted by atomic mass is 35.5. The van der Waals surface area contributed by atoms with Gasteiger partial charge >= 0.3 is 0 Å². The predicted molar refractivity (Wildman–Crippen MR) is 109 cm³/mol. The van der Waals surface area contributed by atoms with Crippen molar-refractivity contribution < 1.29 is 14.0 Å². The molecule has 28 heavy (non-hydrogen) atoms. The average molecular weight is 435 g/mol. The van der Waals surface area contributed by atoms with Gasteiger partial charge in [0.2, 0.25) is 5.91 Å². The van der Waals surface area contributed by atoms with Gasteiger partial charge in [0.1, 0.15) is 12.4 Å². The highest BCUT2D eigenvalue weighted by molar-refractivity contribution is 7.18. The van der Waals surface area contributed by atoms with Crippen molar-refractivity contribution >= 4 is 46.4 Å². The molecule has 142 valence electrons. The van der Waals surface area contributed by atoms with Gasteiger partial charge in [-0.2, -0.15) is 0 Å². The van der Waals surface area contributed by atoms with E-state index >= 15 is 0 Å². The number of benzene rings is 2. The molecule has 4 nitrogen and oxygen atoms in total. The van der Waals surface area contributed by atoms with Gasteiger partial charge in [0.05, 0.1) is 16.6 Å². The van der Waals surface area contributed by atoms with E-state index in [1.165, 1.54) is 28.4 Å². The summed E-state index contributed by atoms with van der Waals surface area (Å²) in [6.07, 6.45) is 0. The zero-order valence-corrected chi connectivity index (χ0v) is 16.7. The quantitative estimate of drug-likeness (QED) is 0.626. The van der Waals surface area contributed by atoms with Crippen LogP contribution in [0.15, 0.2) is 48.5 Å². The van der Waals surface area contributed by atoms with Crippen LogP contribution in [0.1, 0.15) is 9.67 Å². The van der Waals surface area contributed by atoms with E-state index in [-0.39, 0.29) is 30.1 Å². The fraction of sp³-hybridized carbons (Fsp3) is 0.100. The molecule has 1 fully saturated rings. The minimum absolute atomic E-state index is 0.00274. The van der Waals surface area contributed by atoms with E-state index in [4.69, 9.17) is 23.2 Å². The van der Waals surface area contributed by atoms with Crippen molar-refractivity contribution in [2.24, 2.45) is 0 Å². The molecule has 2 heterocycles. The van der Waals surface area contributed by atoms with Gasteiger partial charge in [-0.1, -0.05) is 41.4 Å². The monoisotopic (exact) mass is 434 g/mol. The van der Waals surface area contributed by atoms with E-state index in [9.17, 15) is 14.0 Å². The summed E-state index contributed by atoms with van der Waals surface area (Å²) in [6.45, 7) is 0.209. The molecule has 1 aromatic heterocycles. The minimum atomic E-state index is -0.511. The molecule has 2 aromatic carbocycles. The third kappa shape index (κ3) is 3.63. The van der Waals surface area contributed by atoms with Gasteiger partial charge in [0.25, 0.3) is 5.91 Å². The highest BCUT2D eigenvalue weighted by Crippen LogP contribution is 2.41. The van der Waals surface area contributed by atoms with Crippen molar-refractivity contribution in [2.75, 3.05) is 13.2 Å². The van der Waals surface area contributed by atoms with E-state index in [0.29, 0.717) is 15.5 Å². The lowest BCUT2D eigenvalue weighted by Gasteiger charge is -2.10. The predicted octanol–water partition coefficient (Wildman–Crippen LogP) is 5.06. The van der Waals surface area contributed by atoms with Crippen LogP contribution >= 0.6 is 34.5 Å². The number of hydrogen-bond acceptors (Lipinski definition) is 3. The Labute approximate surface area is 174 Å². The third-order valence-electron chi connectivity index (χ3n) is 4.35. The normalized spacial score (nSPS) is 13.7. The Balaban J connectivity index is 1.83. The maximum atomic E-state index is 13.6. The van der Waals surface area contributed by atoms with Gasteiger partial charge in [0, 0.05) is 15.5 Å². The first kappa shape index (κ1) is 18.9. The molecule has 0 aliphatic carbocycles. The Morgan fingerprint density at radius 3 is 2.61 bits per heavy atom. The zero-order chi connectivity index (χ0) is 19.8. The van der Waals surface area contributed by atoms with Crippen LogP contribution in [0.2, 0.25) is 10.0 Å². The molecule has 2 amide bonds. The van der Waals surface area contributed by atoms with Gasteiger partial charge < -0.3 is 10.2 Å². The molecule has 1 saturated heterocycles. The lowest BCUT2D eigenvalue weighted by molar-refractivity contribution is -0.118. The summed E-state index contributed by atoms with van der Waals surface area (Å²) in [5, 5.41) is 3.19. The number of amides is 2. The third-order valence-corrected chi connectivity index (χ3v) is 6.05. The maximum absolute atomic E-state index is 13.6. The van der Waals surface area contributed by atoms with E-state index in [1.807, 2.05) is 12.1 Å². The van der Waals surface area contributed by atoms with E-state index < -0.39 is 5.82 Å². The molecule has 1 aliphatic heterocycles. The van der Waals surface area contributed by atoms with Gasteiger partial charge in [-0.15, -0.1) is 11.3 Å². The Morgan fingerprint density at radius 2 is 1.93 bits per heavy atom. The van der Waals surface area contributed by atoms with E-state index in [1.54, 1.807) is 24.3 Å². The number of thiophene rings is 1. The van der Waals surface area contributed by atoms with Crippen molar-refractivity contribution in [3.8, 4) is 21.6 Å². The number of carbonyl (C=O) groups is 2. The van der Waals surface area contributed by atoms with Crippen molar-refractivity contribution in [3.63, 3.8) is 0 Å². The number of halogens is 3. The Bertz CT molecular complexity index is 1100. The van der Waals surface area contributed by atoms with Crippen molar-refractivity contribution in [1.29, 1.82) is 0 Å². The standard InChI is InChI=1S/C20H13Cl2FN2O2S/c21-13-3-1-2-12(6-13)19-14(11-4-5-16(23)15(22)7-11)8-17(28-19)20(27)25-9-18(26)24-10-25/h1-8H,9-10H2,(H,24,26). The number of rotatable bonds is 3. The second-order valence-electron chi connectivity index (χ2n) is 6.25. The average Bonchev–Trinajstić information content (AvgIpc) is 3.30. The second kappa shape index (κ2) is 7.54. The molecule has 1 N–H and O–H groups in total. The molecule has 0 spiro atoms. The Morgan fingerprint density at radius 1 is 1.11 bits per heavy atom. The first-order valence-electron chi connectivity index (χ1n) is 8.33. The van der Waals surface area contributed by atoms with Crippen molar-refractivity contribution in [1.82, 2.24) is 10.2 Å².